The highest BCUT2D eigenvalue weighted by Gasteiger charge is 2.34. The summed E-state index contributed by atoms with van der Waals surface area (Å²) in [6, 6.07) is 1.78. The van der Waals surface area contributed by atoms with Gasteiger partial charge in [-0.15, -0.1) is 0 Å². The van der Waals surface area contributed by atoms with Gasteiger partial charge in [-0.05, 0) is 18.9 Å². The Morgan fingerprint density at radius 1 is 1.43 bits per heavy atom. The van der Waals surface area contributed by atoms with Gasteiger partial charge in [-0.3, -0.25) is 14.5 Å². The summed E-state index contributed by atoms with van der Waals surface area (Å²) in [4.78, 5) is 26.5. The molecule has 1 unspecified atom stereocenters. The molecule has 1 atom stereocenters. The first kappa shape index (κ1) is 14.3. The lowest BCUT2D eigenvalue weighted by Crippen LogP contribution is -2.55. The van der Waals surface area contributed by atoms with E-state index in [0.717, 1.165) is 12.8 Å². The summed E-state index contributed by atoms with van der Waals surface area (Å²) in [7, 11) is 1.89. The fourth-order valence-electron chi connectivity index (χ4n) is 2.54. The maximum atomic E-state index is 12.3. The van der Waals surface area contributed by atoms with Crippen molar-refractivity contribution >= 4 is 11.7 Å². The van der Waals surface area contributed by atoms with Crippen molar-refractivity contribution in [1.82, 2.24) is 14.8 Å². The minimum absolute atomic E-state index is 0.0157. The van der Waals surface area contributed by atoms with Crippen LogP contribution in [-0.4, -0.2) is 59.5 Å². The van der Waals surface area contributed by atoms with Crippen molar-refractivity contribution in [2.45, 2.75) is 24.9 Å². The monoisotopic (exact) mass is 291 g/mol. The van der Waals surface area contributed by atoms with Crippen LogP contribution in [0, 0.1) is 0 Å². The number of Topliss-reactive ketones (excluding diaryl/α,β-unsaturated/α-hetero) is 1. The van der Waals surface area contributed by atoms with E-state index in [4.69, 9.17) is 4.74 Å². The molecule has 1 aliphatic carbocycles. The molecule has 6 heteroatoms. The number of carbonyl (C=O) groups is 2. The second-order valence-corrected chi connectivity index (χ2v) is 5.83. The van der Waals surface area contributed by atoms with E-state index in [1.54, 1.807) is 0 Å². The Kier molecular flexibility index (Phi) is 4.07. The van der Waals surface area contributed by atoms with Crippen molar-refractivity contribution in [2.75, 3.05) is 26.3 Å². The van der Waals surface area contributed by atoms with Gasteiger partial charge in [0.1, 0.15) is 6.04 Å². The lowest BCUT2D eigenvalue weighted by molar-refractivity contribution is -0.132. The Morgan fingerprint density at radius 2 is 2.24 bits per heavy atom. The number of ether oxygens (including phenoxy) is 1. The van der Waals surface area contributed by atoms with Gasteiger partial charge in [-0.2, -0.15) is 0 Å². The van der Waals surface area contributed by atoms with Crippen LogP contribution in [-0.2, 0) is 16.6 Å². The topological polar surface area (TPSA) is 63.6 Å². The van der Waals surface area contributed by atoms with Gasteiger partial charge in [0.2, 0.25) is 5.91 Å². The fourth-order valence-corrected chi connectivity index (χ4v) is 2.54. The molecule has 0 radical (unpaired) electrons. The van der Waals surface area contributed by atoms with E-state index in [1.807, 2.05) is 35.0 Å². The first-order chi connectivity index (χ1) is 10.1. The molecule has 1 N–H and O–H groups in total. The second kappa shape index (κ2) is 5.99. The van der Waals surface area contributed by atoms with Crippen LogP contribution in [0.3, 0.4) is 0 Å². The lowest BCUT2D eigenvalue weighted by atomic mass is 10.1. The Hall–Kier alpha value is -1.66. The second-order valence-electron chi connectivity index (χ2n) is 5.83. The van der Waals surface area contributed by atoms with Crippen molar-refractivity contribution in [3.63, 3.8) is 0 Å². The molecular weight excluding hydrogens is 270 g/mol. The number of rotatable bonds is 5. The highest BCUT2D eigenvalue weighted by molar-refractivity contribution is 5.98. The van der Waals surface area contributed by atoms with Crippen LogP contribution in [0.1, 0.15) is 23.2 Å². The van der Waals surface area contributed by atoms with Crippen molar-refractivity contribution in [3.8, 4) is 0 Å². The third-order valence-electron chi connectivity index (χ3n) is 3.97. The number of nitrogens with zero attached hydrogens (tertiary/aromatic N) is 2. The predicted octanol–water partition coefficient (Wildman–Crippen LogP) is 0.187. The molecule has 1 amide bonds. The van der Waals surface area contributed by atoms with E-state index in [-0.39, 0.29) is 24.3 Å². The maximum Gasteiger partial charge on any atom is 0.239 e. The Morgan fingerprint density at radius 3 is 2.90 bits per heavy atom. The molecule has 1 aliphatic heterocycles. The zero-order chi connectivity index (χ0) is 14.8. The van der Waals surface area contributed by atoms with Crippen molar-refractivity contribution in [2.24, 2.45) is 7.05 Å². The summed E-state index contributed by atoms with van der Waals surface area (Å²) in [5.74, 6) is 0.0276. The molecule has 3 rings (SSSR count). The van der Waals surface area contributed by atoms with E-state index < -0.39 is 0 Å². The van der Waals surface area contributed by atoms with Gasteiger partial charge < -0.3 is 14.6 Å². The number of hydrogen-bond acceptors (Lipinski definition) is 4. The smallest absolute Gasteiger partial charge is 0.239 e. The molecule has 1 aromatic heterocycles. The highest BCUT2D eigenvalue weighted by Crippen LogP contribution is 2.19. The molecule has 6 nitrogen and oxygen atoms in total. The minimum Gasteiger partial charge on any atom is -0.378 e. The fraction of sp³-hybridized carbons (Fsp3) is 0.600. The van der Waals surface area contributed by atoms with Gasteiger partial charge in [0.25, 0.3) is 0 Å². The molecule has 1 saturated heterocycles. The summed E-state index contributed by atoms with van der Waals surface area (Å²) < 4.78 is 7.26. The van der Waals surface area contributed by atoms with E-state index in [9.17, 15) is 9.59 Å². The Balaban J connectivity index is 1.63. The third kappa shape index (κ3) is 3.51. The van der Waals surface area contributed by atoms with Gasteiger partial charge >= 0.3 is 0 Å². The van der Waals surface area contributed by atoms with Gasteiger partial charge in [-0.25, -0.2) is 0 Å². The number of aryl methyl sites for hydroxylation is 1. The minimum atomic E-state index is -0.355. The number of aromatic nitrogens is 1. The summed E-state index contributed by atoms with van der Waals surface area (Å²) in [6.07, 6.45) is 5.77. The molecular formula is C15H21N3O3. The highest BCUT2D eigenvalue weighted by atomic mass is 16.5. The zero-order valence-electron chi connectivity index (χ0n) is 12.2. The average Bonchev–Trinajstić information content (AvgIpc) is 3.17. The Bertz CT molecular complexity index is 536. The molecule has 0 spiro atoms. The van der Waals surface area contributed by atoms with E-state index in [2.05, 4.69) is 5.32 Å². The van der Waals surface area contributed by atoms with Gasteiger partial charge in [0.15, 0.2) is 5.78 Å². The summed E-state index contributed by atoms with van der Waals surface area (Å²) >= 11 is 0. The van der Waals surface area contributed by atoms with Crippen molar-refractivity contribution in [3.05, 3.63) is 24.0 Å². The predicted molar refractivity (Wildman–Crippen MR) is 77.1 cm³/mol. The average molecular weight is 291 g/mol. The van der Waals surface area contributed by atoms with Gasteiger partial charge in [0.05, 0.1) is 19.8 Å². The quantitative estimate of drug-likeness (QED) is 0.787. The molecule has 114 valence electrons. The maximum absolute atomic E-state index is 12.3. The summed E-state index contributed by atoms with van der Waals surface area (Å²) in [5.41, 5.74) is 0.686. The van der Waals surface area contributed by atoms with Gasteiger partial charge in [0, 0.05) is 37.6 Å². The molecule has 0 bridgehead atoms. The van der Waals surface area contributed by atoms with Crippen LogP contribution in [0.15, 0.2) is 18.5 Å². The van der Waals surface area contributed by atoms with Crippen LogP contribution in [0.5, 0.6) is 0 Å². The van der Waals surface area contributed by atoms with Crippen LogP contribution in [0.2, 0.25) is 0 Å². The van der Waals surface area contributed by atoms with E-state index in [1.165, 1.54) is 0 Å². The third-order valence-corrected chi connectivity index (χ3v) is 3.97. The van der Waals surface area contributed by atoms with E-state index >= 15 is 0 Å². The van der Waals surface area contributed by atoms with Crippen molar-refractivity contribution < 1.29 is 14.3 Å². The van der Waals surface area contributed by atoms with Crippen LogP contribution in [0.25, 0.3) is 0 Å². The molecule has 1 aromatic rings. The number of ketones is 1. The molecule has 21 heavy (non-hydrogen) atoms. The molecule has 2 aliphatic rings. The zero-order valence-corrected chi connectivity index (χ0v) is 12.2. The standard InChI is InChI=1S/C15H21N3O3/c1-17-5-4-11(8-17)14(19)9-18-6-7-21-10-13(18)15(20)16-12-2-3-12/h4-5,8,12-13H,2-3,6-7,9-10H2,1H3,(H,16,20). The summed E-state index contributed by atoms with van der Waals surface area (Å²) in [5, 5.41) is 2.99. The van der Waals surface area contributed by atoms with Crippen LogP contribution >= 0.6 is 0 Å². The van der Waals surface area contributed by atoms with Crippen LogP contribution in [0.4, 0.5) is 0 Å². The number of carbonyl (C=O) groups excluding carboxylic acids is 2. The van der Waals surface area contributed by atoms with E-state index in [0.29, 0.717) is 31.4 Å². The molecule has 1 saturated carbocycles. The molecule has 0 aromatic carbocycles. The lowest BCUT2D eigenvalue weighted by Gasteiger charge is -2.33. The SMILES string of the molecule is Cn1ccc(C(=O)CN2CCOCC2C(=O)NC2CC2)c1. The van der Waals surface area contributed by atoms with Crippen LogP contribution < -0.4 is 5.32 Å². The number of nitrogens with one attached hydrogen (secondary N) is 1. The molecule has 2 heterocycles. The number of morpholine rings is 1. The first-order valence-corrected chi connectivity index (χ1v) is 7.41. The van der Waals surface area contributed by atoms with Gasteiger partial charge in [-0.1, -0.05) is 0 Å². The first-order valence-electron chi connectivity index (χ1n) is 7.41. The largest absolute Gasteiger partial charge is 0.378 e. The van der Waals surface area contributed by atoms with Crippen molar-refractivity contribution in [1.29, 1.82) is 0 Å². The number of amides is 1. The summed E-state index contributed by atoms with van der Waals surface area (Å²) in [6.45, 7) is 1.80. The number of hydrogen-bond donors (Lipinski definition) is 1. The Labute approximate surface area is 124 Å². The normalized spacial score (nSPS) is 23.0. The molecule has 2 fully saturated rings.